The molecular formula is C15H20ClN4OS+. The van der Waals surface area contributed by atoms with Gasteiger partial charge in [-0.15, -0.1) is 10.2 Å². The van der Waals surface area contributed by atoms with Gasteiger partial charge in [-0.1, -0.05) is 29.4 Å². The number of rotatable bonds is 5. The molecule has 0 unspecified atom stereocenters. The lowest BCUT2D eigenvalue weighted by Crippen LogP contribution is -3.14. The van der Waals surface area contributed by atoms with Crippen LogP contribution in [0.3, 0.4) is 0 Å². The number of hydrogen-bond donors (Lipinski definition) is 1. The predicted octanol–water partition coefficient (Wildman–Crippen LogP) is 1.24. The summed E-state index contributed by atoms with van der Waals surface area (Å²) in [5.74, 6) is 1.90. The van der Waals surface area contributed by atoms with Gasteiger partial charge in [-0.25, -0.2) is 0 Å². The fraction of sp³-hybridized carbons (Fsp3) is 0.467. The molecule has 1 aromatic carbocycles. The molecular weight excluding hydrogens is 320 g/mol. The minimum Gasteiger partial charge on any atom is -0.370 e. The van der Waals surface area contributed by atoms with E-state index < -0.39 is 0 Å². The molecule has 0 atom stereocenters. The number of hydrogen-bond acceptors (Lipinski definition) is 4. The molecule has 0 aliphatic carbocycles. The first-order valence-corrected chi connectivity index (χ1v) is 8.82. The number of benzene rings is 1. The van der Waals surface area contributed by atoms with Crippen LogP contribution in [0.2, 0.25) is 5.02 Å². The Morgan fingerprint density at radius 1 is 1.32 bits per heavy atom. The minimum absolute atomic E-state index is 0.722. The zero-order valence-electron chi connectivity index (χ0n) is 12.6. The molecule has 0 spiro atoms. The van der Waals surface area contributed by atoms with Gasteiger partial charge in [0.25, 0.3) is 0 Å². The van der Waals surface area contributed by atoms with Crippen LogP contribution in [-0.2, 0) is 4.74 Å². The average molecular weight is 340 g/mol. The van der Waals surface area contributed by atoms with E-state index in [1.165, 1.54) is 0 Å². The molecule has 1 fully saturated rings. The van der Waals surface area contributed by atoms with Crippen molar-refractivity contribution in [3.05, 3.63) is 35.1 Å². The highest BCUT2D eigenvalue weighted by Crippen LogP contribution is 2.23. The summed E-state index contributed by atoms with van der Waals surface area (Å²) in [5.41, 5.74) is 1.01. The lowest BCUT2D eigenvalue weighted by molar-refractivity contribution is -0.905. The Morgan fingerprint density at radius 2 is 2.14 bits per heavy atom. The Morgan fingerprint density at radius 3 is 2.91 bits per heavy atom. The van der Waals surface area contributed by atoms with Crippen molar-refractivity contribution in [2.45, 2.75) is 12.1 Å². The van der Waals surface area contributed by atoms with E-state index in [0.29, 0.717) is 0 Å². The van der Waals surface area contributed by atoms with Gasteiger partial charge in [0, 0.05) is 5.02 Å². The van der Waals surface area contributed by atoms with Crippen molar-refractivity contribution in [1.29, 1.82) is 0 Å². The first-order chi connectivity index (χ1) is 10.7. The maximum Gasteiger partial charge on any atom is 0.196 e. The summed E-state index contributed by atoms with van der Waals surface area (Å²) >= 11 is 7.84. The van der Waals surface area contributed by atoms with Gasteiger partial charge in [0.15, 0.2) is 5.16 Å². The summed E-state index contributed by atoms with van der Waals surface area (Å²) in [4.78, 5) is 1.60. The van der Waals surface area contributed by atoms with Crippen molar-refractivity contribution in [2.75, 3.05) is 38.6 Å². The largest absolute Gasteiger partial charge is 0.370 e. The SMILES string of the molecule is Cc1nnc(SCC[NH+]2CCOCC2)n1-c1cccc(Cl)c1. The normalized spacial score (nSPS) is 16.1. The molecule has 1 aliphatic heterocycles. The number of ether oxygens (including phenoxy) is 1. The molecule has 22 heavy (non-hydrogen) atoms. The molecule has 2 heterocycles. The van der Waals surface area contributed by atoms with Gasteiger partial charge in [-0.05, 0) is 25.1 Å². The summed E-state index contributed by atoms with van der Waals surface area (Å²) in [6, 6.07) is 7.79. The highest BCUT2D eigenvalue weighted by atomic mass is 35.5. The van der Waals surface area contributed by atoms with Crippen LogP contribution in [0, 0.1) is 6.92 Å². The maximum absolute atomic E-state index is 6.10. The summed E-state index contributed by atoms with van der Waals surface area (Å²) in [7, 11) is 0. The number of nitrogens with zero attached hydrogens (tertiary/aromatic N) is 3. The van der Waals surface area contributed by atoms with Gasteiger partial charge in [0.05, 0.1) is 31.2 Å². The van der Waals surface area contributed by atoms with E-state index >= 15 is 0 Å². The fourth-order valence-electron chi connectivity index (χ4n) is 2.55. The number of halogens is 1. The first-order valence-electron chi connectivity index (χ1n) is 7.46. The highest BCUT2D eigenvalue weighted by Gasteiger charge is 2.16. The monoisotopic (exact) mass is 339 g/mol. The number of nitrogens with one attached hydrogen (secondary N) is 1. The Balaban J connectivity index is 1.67. The second-order valence-electron chi connectivity index (χ2n) is 5.31. The van der Waals surface area contributed by atoms with E-state index in [9.17, 15) is 0 Å². The van der Waals surface area contributed by atoms with Crippen molar-refractivity contribution in [2.24, 2.45) is 0 Å². The van der Waals surface area contributed by atoms with Crippen molar-refractivity contribution in [3.8, 4) is 5.69 Å². The predicted molar refractivity (Wildman–Crippen MR) is 88.2 cm³/mol. The topological polar surface area (TPSA) is 44.4 Å². The van der Waals surface area contributed by atoms with Crippen LogP contribution in [0.15, 0.2) is 29.4 Å². The van der Waals surface area contributed by atoms with Crippen LogP contribution in [0.5, 0.6) is 0 Å². The van der Waals surface area contributed by atoms with Crippen molar-refractivity contribution in [1.82, 2.24) is 14.8 Å². The molecule has 1 aromatic heterocycles. The fourth-order valence-corrected chi connectivity index (χ4v) is 3.77. The first kappa shape index (κ1) is 15.8. The maximum atomic E-state index is 6.10. The molecule has 5 nitrogen and oxygen atoms in total. The molecule has 0 saturated carbocycles. The van der Waals surface area contributed by atoms with Crippen molar-refractivity contribution >= 4 is 23.4 Å². The van der Waals surface area contributed by atoms with Crippen molar-refractivity contribution in [3.63, 3.8) is 0 Å². The molecule has 0 bridgehead atoms. The second kappa shape index (κ2) is 7.46. The van der Waals surface area contributed by atoms with Crippen LogP contribution in [0.4, 0.5) is 0 Å². The number of aryl methyl sites for hydroxylation is 1. The standard InChI is InChI=1S/C15H19ClN4OS/c1-12-17-18-15(20(12)14-4-2-3-13(16)11-14)22-10-7-19-5-8-21-9-6-19/h2-4,11H,5-10H2,1H3/p+1. The zero-order valence-corrected chi connectivity index (χ0v) is 14.2. The van der Waals surface area contributed by atoms with Gasteiger partial charge in [0.2, 0.25) is 0 Å². The highest BCUT2D eigenvalue weighted by molar-refractivity contribution is 7.99. The van der Waals surface area contributed by atoms with Crippen LogP contribution >= 0.6 is 23.4 Å². The molecule has 3 rings (SSSR count). The quantitative estimate of drug-likeness (QED) is 0.832. The third-order valence-corrected chi connectivity index (χ3v) is 4.91. The second-order valence-corrected chi connectivity index (χ2v) is 6.80. The molecule has 0 amide bonds. The van der Waals surface area contributed by atoms with Crippen LogP contribution in [0.1, 0.15) is 5.82 Å². The van der Waals surface area contributed by atoms with E-state index in [4.69, 9.17) is 16.3 Å². The lowest BCUT2D eigenvalue weighted by Gasteiger charge is -2.23. The lowest BCUT2D eigenvalue weighted by atomic mass is 10.3. The summed E-state index contributed by atoms with van der Waals surface area (Å²) in [5, 5.41) is 10.2. The van der Waals surface area contributed by atoms with Gasteiger partial charge < -0.3 is 9.64 Å². The number of quaternary nitrogens is 1. The Hall–Kier alpha value is -1.08. The third-order valence-electron chi connectivity index (χ3n) is 3.75. The smallest absolute Gasteiger partial charge is 0.196 e. The molecule has 1 saturated heterocycles. The molecule has 2 aromatic rings. The molecule has 0 radical (unpaired) electrons. The van der Waals surface area contributed by atoms with Crippen LogP contribution in [-0.4, -0.2) is 53.4 Å². The van der Waals surface area contributed by atoms with Crippen molar-refractivity contribution < 1.29 is 9.64 Å². The molecule has 118 valence electrons. The average Bonchev–Trinajstić information content (AvgIpc) is 2.89. The van der Waals surface area contributed by atoms with E-state index in [1.54, 1.807) is 16.7 Å². The number of aromatic nitrogens is 3. The number of thioether (sulfide) groups is 1. The van der Waals surface area contributed by atoms with Gasteiger partial charge in [-0.3, -0.25) is 4.57 Å². The molecule has 7 heteroatoms. The van der Waals surface area contributed by atoms with E-state index in [-0.39, 0.29) is 0 Å². The third kappa shape index (κ3) is 3.81. The zero-order chi connectivity index (χ0) is 15.4. The van der Waals surface area contributed by atoms with Gasteiger partial charge in [0.1, 0.15) is 18.9 Å². The Labute approximate surface area is 139 Å². The van der Waals surface area contributed by atoms with E-state index in [1.807, 2.05) is 31.2 Å². The Kier molecular flexibility index (Phi) is 5.36. The summed E-state index contributed by atoms with van der Waals surface area (Å²) in [6.45, 7) is 7.03. The van der Waals surface area contributed by atoms with Crippen LogP contribution < -0.4 is 4.90 Å². The summed E-state index contributed by atoms with van der Waals surface area (Å²) < 4.78 is 7.45. The Bertz CT molecular complexity index is 628. The summed E-state index contributed by atoms with van der Waals surface area (Å²) in [6.07, 6.45) is 0. The molecule has 1 aliphatic rings. The van der Waals surface area contributed by atoms with Gasteiger partial charge in [-0.2, -0.15) is 0 Å². The number of morpholine rings is 1. The van der Waals surface area contributed by atoms with E-state index in [2.05, 4.69) is 14.8 Å². The van der Waals surface area contributed by atoms with Gasteiger partial charge >= 0.3 is 0 Å². The van der Waals surface area contributed by atoms with Crippen LogP contribution in [0.25, 0.3) is 5.69 Å². The minimum atomic E-state index is 0.722. The van der Waals surface area contributed by atoms with E-state index in [0.717, 1.165) is 60.3 Å². The molecule has 1 N–H and O–H groups in total.